The fourth-order valence-corrected chi connectivity index (χ4v) is 2.43. The summed E-state index contributed by atoms with van der Waals surface area (Å²) in [5, 5.41) is 8.52. The molecule has 0 N–H and O–H groups in total. The first-order chi connectivity index (χ1) is 6.65. The van der Waals surface area contributed by atoms with Crippen LogP contribution in [0.4, 0.5) is 0 Å². The Labute approximate surface area is 87.8 Å². The molecule has 78 valence electrons. The zero-order valence-electron chi connectivity index (χ0n) is 9.53. The summed E-state index contributed by atoms with van der Waals surface area (Å²) < 4.78 is 0. The molecule has 0 saturated heterocycles. The Kier molecular flexibility index (Phi) is 4.20. The molecule has 1 fully saturated rings. The lowest BCUT2D eigenvalue weighted by molar-refractivity contribution is 0.189. The van der Waals surface area contributed by atoms with E-state index >= 15 is 0 Å². The molecular weight excluding hydrogens is 170 g/mol. The predicted octanol–water partition coefficient (Wildman–Crippen LogP) is 3.77. The highest BCUT2D eigenvalue weighted by atomic mass is 14.3. The Bertz CT molecular complexity index is 234. The second-order valence-electron chi connectivity index (χ2n) is 4.95. The average molecular weight is 191 g/mol. The number of nitrogens with zero attached hydrogens (tertiary/aromatic N) is 1. The Morgan fingerprint density at radius 1 is 1.36 bits per heavy atom. The van der Waals surface area contributed by atoms with Gasteiger partial charge in [0.1, 0.15) is 0 Å². The van der Waals surface area contributed by atoms with Crippen LogP contribution < -0.4 is 0 Å². The van der Waals surface area contributed by atoms with E-state index in [9.17, 15) is 0 Å². The molecule has 1 saturated carbocycles. The number of hydrogen-bond donors (Lipinski definition) is 0. The van der Waals surface area contributed by atoms with Crippen molar-refractivity contribution < 1.29 is 0 Å². The summed E-state index contributed by atoms with van der Waals surface area (Å²) in [6, 6.07) is 2.10. The van der Waals surface area contributed by atoms with Gasteiger partial charge < -0.3 is 0 Å². The van der Waals surface area contributed by atoms with Crippen LogP contribution in [0.15, 0.2) is 12.2 Å². The largest absolute Gasteiger partial charge is 0.193 e. The summed E-state index contributed by atoms with van der Waals surface area (Å²) in [6.07, 6.45) is 7.74. The maximum atomic E-state index is 8.52. The van der Waals surface area contributed by atoms with E-state index in [0.717, 1.165) is 17.8 Å². The third-order valence-electron chi connectivity index (χ3n) is 3.66. The Hall–Kier alpha value is -0.770. The summed E-state index contributed by atoms with van der Waals surface area (Å²) in [5.41, 5.74) is 0. The molecule has 14 heavy (non-hydrogen) atoms. The molecule has 0 spiro atoms. The molecule has 0 unspecified atom stereocenters. The summed E-state index contributed by atoms with van der Waals surface area (Å²) in [7, 11) is 0. The molecule has 0 radical (unpaired) electrons. The van der Waals surface area contributed by atoms with Gasteiger partial charge in [0.25, 0.3) is 0 Å². The van der Waals surface area contributed by atoms with E-state index in [1.165, 1.54) is 19.3 Å². The van der Waals surface area contributed by atoms with Crippen LogP contribution in [0.2, 0.25) is 0 Å². The van der Waals surface area contributed by atoms with Crippen LogP contribution in [0.25, 0.3) is 0 Å². The van der Waals surface area contributed by atoms with Gasteiger partial charge in [0.2, 0.25) is 0 Å². The second kappa shape index (κ2) is 5.20. The first-order valence-electron chi connectivity index (χ1n) is 5.71. The number of rotatable bonds is 2. The van der Waals surface area contributed by atoms with Gasteiger partial charge in [0.05, 0.1) is 6.07 Å². The van der Waals surface area contributed by atoms with Crippen molar-refractivity contribution in [2.24, 2.45) is 23.7 Å². The van der Waals surface area contributed by atoms with Gasteiger partial charge in [-0.2, -0.15) is 5.26 Å². The standard InChI is InChI=1S/C13H21N/c1-10(2)12-7-6-11(3)13(9-12)5-4-8-14/h4-5,10-13H,6-7,9H2,1-3H3/t11-,12-,13-/m0/s1. The molecule has 1 rings (SSSR count). The van der Waals surface area contributed by atoms with Crippen molar-refractivity contribution in [2.75, 3.05) is 0 Å². The van der Waals surface area contributed by atoms with E-state index in [0.29, 0.717) is 5.92 Å². The van der Waals surface area contributed by atoms with E-state index in [1.807, 2.05) is 0 Å². The van der Waals surface area contributed by atoms with Gasteiger partial charge in [-0.25, -0.2) is 0 Å². The first-order valence-corrected chi connectivity index (χ1v) is 5.71. The zero-order valence-corrected chi connectivity index (χ0v) is 9.53. The molecule has 0 aliphatic heterocycles. The van der Waals surface area contributed by atoms with Gasteiger partial charge in [0, 0.05) is 6.08 Å². The minimum absolute atomic E-state index is 0.635. The fraction of sp³-hybridized carbons (Fsp3) is 0.769. The van der Waals surface area contributed by atoms with Crippen molar-refractivity contribution in [3.63, 3.8) is 0 Å². The van der Waals surface area contributed by atoms with E-state index in [4.69, 9.17) is 5.26 Å². The molecule has 1 nitrogen and oxygen atoms in total. The molecule has 1 heteroatoms. The van der Waals surface area contributed by atoms with Gasteiger partial charge in [-0.3, -0.25) is 0 Å². The Balaban J connectivity index is 2.56. The van der Waals surface area contributed by atoms with Crippen molar-refractivity contribution in [1.82, 2.24) is 0 Å². The Morgan fingerprint density at radius 2 is 2.07 bits per heavy atom. The van der Waals surface area contributed by atoms with Gasteiger partial charge in [0.15, 0.2) is 0 Å². The Morgan fingerprint density at radius 3 is 2.64 bits per heavy atom. The first kappa shape index (κ1) is 11.3. The molecule has 0 aromatic carbocycles. The summed E-state index contributed by atoms with van der Waals surface area (Å²) in [4.78, 5) is 0. The van der Waals surface area contributed by atoms with E-state index in [1.54, 1.807) is 6.08 Å². The molecule has 0 bridgehead atoms. The molecule has 3 atom stereocenters. The van der Waals surface area contributed by atoms with Crippen LogP contribution in [0.3, 0.4) is 0 Å². The lowest BCUT2D eigenvalue weighted by Crippen LogP contribution is -2.24. The SMILES string of the molecule is CC(C)[C@H]1CC[C@H](C)[C@@H](C=CC#N)C1. The molecule has 1 aliphatic carbocycles. The van der Waals surface area contributed by atoms with Crippen LogP contribution in [0, 0.1) is 35.0 Å². The van der Waals surface area contributed by atoms with Crippen LogP contribution in [-0.2, 0) is 0 Å². The molecular formula is C13H21N. The summed E-state index contributed by atoms with van der Waals surface area (Å²) >= 11 is 0. The van der Waals surface area contributed by atoms with Crippen molar-refractivity contribution in [3.05, 3.63) is 12.2 Å². The monoisotopic (exact) mass is 191 g/mol. The number of hydrogen-bond acceptors (Lipinski definition) is 1. The lowest BCUT2D eigenvalue weighted by atomic mass is 9.71. The third-order valence-corrected chi connectivity index (χ3v) is 3.66. The van der Waals surface area contributed by atoms with E-state index in [-0.39, 0.29) is 0 Å². The van der Waals surface area contributed by atoms with Crippen LogP contribution in [-0.4, -0.2) is 0 Å². The smallest absolute Gasteiger partial charge is 0.0908 e. The zero-order chi connectivity index (χ0) is 10.6. The quantitative estimate of drug-likeness (QED) is 0.609. The number of nitriles is 1. The molecule has 0 aromatic heterocycles. The number of allylic oxidation sites excluding steroid dienone is 2. The highest BCUT2D eigenvalue weighted by Crippen LogP contribution is 2.37. The van der Waals surface area contributed by atoms with Crippen LogP contribution in [0.1, 0.15) is 40.0 Å². The lowest BCUT2D eigenvalue weighted by Gasteiger charge is -2.34. The maximum Gasteiger partial charge on any atom is 0.0908 e. The highest BCUT2D eigenvalue weighted by molar-refractivity contribution is 5.05. The average Bonchev–Trinajstić information content (AvgIpc) is 2.16. The van der Waals surface area contributed by atoms with E-state index in [2.05, 4.69) is 32.9 Å². The minimum Gasteiger partial charge on any atom is -0.193 e. The minimum atomic E-state index is 0.635. The van der Waals surface area contributed by atoms with Gasteiger partial charge in [-0.15, -0.1) is 0 Å². The summed E-state index contributed by atoms with van der Waals surface area (Å²) in [6.45, 7) is 6.93. The van der Waals surface area contributed by atoms with Crippen molar-refractivity contribution in [3.8, 4) is 6.07 Å². The fourth-order valence-electron chi connectivity index (χ4n) is 2.43. The molecule has 0 amide bonds. The third kappa shape index (κ3) is 2.87. The van der Waals surface area contributed by atoms with Crippen molar-refractivity contribution in [1.29, 1.82) is 5.26 Å². The van der Waals surface area contributed by atoms with Crippen molar-refractivity contribution >= 4 is 0 Å². The summed E-state index contributed by atoms with van der Waals surface area (Å²) in [5.74, 6) is 3.05. The van der Waals surface area contributed by atoms with Gasteiger partial charge >= 0.3 is 0 Å². The normalized spacial score (nSPS) is 33.5. The maximum absolute atomic E-state index is 8.52. The predicted molar refractivity (Wildman–Crippen MR) is 59.6 cm³/mol. The molecule has 1 aliphatic rings. The molecule has 0 aromatic rings. The van der Waals surface area contributed by atoms with E-state index < -0.39 is 0 Å². The van der Waals surface area contributed by atoms with Crippen LogP contribution >= 0.6 is 0 Å². The van der Waals surface area contributed by atoms with Crippen LogP contribution in [0.5, 0.6) is 0 Å². The highest BCUT2D eigenvalue weighted by Gasteiger charge is 2.27. The molecule has 0 heterocycles. The van der Waals surface area contributed by atoms with Gasteiger partial charge in [-0.1, -0.05) is 26.8 Å². The topological polar surface area (TPSA) is 23.8 Å². The van der Waals surface area contributed by atoms with Gasteiger partial charge in [-0.05, 0) is 42.9 Å². The second-order valence-corrected chi connectivity index (χ2v) is 4.95. The van der Waals surface area contributed by atoms with Crippen molar-refractivity contribution in [2.45, 2.75) is 40.0 Å².